The summed E-state index contributed by atoms with van der Waals surface area (Å²) in [6.45, 7) is 7.93. The maximum atomic E-state index is 12.3. The van der Waals surface area contributed by atoms with Crippen molar-refractivity contribution in [3.63, 3.8) is 0 Å². The number of carbonyl (C=O) groups is 2. The summed E-state index contributed by atoms with van der Waals surface area (Å²) in [6, 6.07) is 3.88. The van der Waals surface area contributed by atoms with Crippen molar-refractivity contribution >= 4 is 39.6 Å². The average Bonchev–Trinajstić information content (AvgIpc) is 3.19. The van der Waals surface area contributed by atoms with Crippen molar-refractivity contribution < 1.29 is 14.3 Å². The van der Waals surface area contributed by atoms with E-state index in [1.807, 2.05) is 0 Å². The van der Waals surface area contributed by atoms with E-state index in [-0.39, 0.29) is 11.1 Å². The lowest BCUT2D eigenvalue weighted by atomic mass is 9.81. The minimum absolute atomic E-state index is 0.152. The SMILES string of the molecule is CC1(C)Cc2c(sc(NC(=O)COC(=O)c3ccsc3)c2C#N)C(C)(C)N1. The fraction of sp³-hybridized carbons (Fsp3) is 0.421. The second-order valence-electron chi connectivity index (χ2n) is 7.67. The van der Waals surface area contributed by atoms with Crippen LogP contribution in [-0.2, 0) is 21.5 Å². The molecule has 2 aromatic heterocycles. The van der Waals surface area contributed by atoms with Crippen LogP contribution in [0.3, 0.4) is 0 Å². The maximum Gasteiger partial charge on any atom is 0.339 e. The number of hydrogen-bond acceptors (Lipinski definition) is 7. The van der Waals surface area contributed by atoms with Gasteiger partial charge in [-0.1, -0.05) is 0 Å². The van der Waals surface area contributed by atoms with Gasteiger partial charge in [0.1, 0.15) is 11.1 Å². The molecule has 0 fully saturated rings. The number of nitriles is 1. The van der Waals surface area contributed by atoms with Crippen LogP contribution < -0.4 is 10.6 Å². The lowest BCUT2D eigenvalue weighted by molar-refractivity contribution is -0.119. The van der Waals surface area contributed by atoms with E-state index in [1.165, 1.54) is 22.7 Å². The molecule has 2 N–H and O–H groups in total. The number of amides is 1. The first-order chi connectivity index (χ1) is 12.6. The third-order valence-electron chi connectivity index (χ3n) is 4.30. The second kappa shape index (κ2) is 7.08. The predicted molar refractivity (Wildman–Crippen MR) is 106 cm³/mol. The summed E-state index contributed by atoms with van der Waals surface area (Å²) in [7, 11) is 0. The van der Waals surface area contributed by atoms with E-state index in [2.05, 4.69) is 44.4 Å². The van der Waals surface area contributed by atoms with Gasteiger partial charge in [0, 0.05) is 21.3 Å². The van der Waals surface area contributed by atoms with Gasteiger partial charge in [-0.3, -0.25) is 4.79 Å². The van der Waals surface area contributed by atoms with Crippen LogP contribution in [0, 0.1) is 11.3 Å². The average molecular weight is 404 g/mol. The minimum Gasteiger partial charge on any atom is -0.452 e. The molecule has 1 aliphatic rings. The molecule has 6 nitrogen and oxygen atoms in total. The highest BCUT2D eigenvalue weighted by Gasteiger charge is 2.40. The van der Waals surface area contributed by atoms with Gasteiger partial charge >= 0.3 is 5.97 Å². The molecule has 0 radical (unpaired) electrons. The summed E-state index contributed by atoms with van der Waals surface area (Å²) in [6.07, 6.45) is 0.703. The summed E-state index contributed by atoms with van der Waals surface area (Å²) < 4.78 is 5.04. The molecule has 1 aliphatic heterocycles. The van der Waals surface area contributed by atoms with E-state index in [1.54, 1.807) is 16.8 Å². The number of nitrogens with one attached hydrogen (secondary N) is 2. The van der Waals surface area contributed by atoms with Crippen LogP contribution in [0.5, 0.6) is 0 Å². The number of hydrogen-bond donors (Lipinski definition) is 2. The Hall–Kier alpha value is -2.21. The smallest absolute Gasteiger partial charge is 0.339 e. The monoisotopic (exact) mass is 403 g/mol. The molecule has 0 saturated heterocycles. The quantitative estimate of drug-likeness (QED) is 0.761. The zero-order valence-electron chi connectivity index (χ0n) is 15.6. The summed E-state index contributed by atoms with van der Waals surface area (Å²) in [4.78, 5) is 25.1. The predicted octanol–water partition coefficient (Wildman–Crippen LogP) is 3.64. The Kier molecular flexibility index (Phi) is 5.12. The summed E-state index contributed by atoms with van der Waals surface area (Å²) in [5.41, 5.74) is 1.44. The number of ether oxygens (including phenoxy) is 1. The highest BCUT2D eigenvalue weighted by molar-refractivity contribution is 7.17. The van der Waals surface area contributed by atoms with E-state index in [9.17, 15) is 14.9 Å². The zero-order chi connectivity index (χ0) is 19.8. The fourth-order valence-corrected chi connectivity index (χ4v) is 5.36. The number of rotatable bonds is 4. The molecule has 142 valence electrons. The van der Waals surface area contributed by atoms with Crippen molar-refractivity contribution in [3.8, 4) is 6.07 Å². The molecule has 0 atom stereocenters. The third-order valence-corrected chi connectivity index (χ3v) is 6.45. The van der Waals surface area contributed by atoms with Crippen molar-refractivity contribution in [3.05, 3.63) is 38.4 Å². The molecule has 0 aromatic carbocycles. The van der Waals surface area contributed by atoms with Crippen LogP contribution >= 0.6 is 22.7 Å². The standard InChI is InChI=1S/C19H21N3O3S2/c1-18(2)7-12-13(8-20)16(27-15(12)19(3,4)22-18)21-14(23)9-25-17(24)11-5-6-26-10-11/h5-6,10,22H,7,9H2,1-4H3,(H,21,23). The van der Waals surface area contributed by atoms with Gasteiger partial charge < -0.3 is 15.4 Å². The molecule has 0 saturated carbocycles. The van der Waals surface area contributed by atoms with Crippen LogP contribution in [0.15, 0.2) is 16.8 Å². The van der Waals surface area contributed by atoms with E-state index in [4.69, 9.17) is 4.74 Å². The van der Waals surface area contributed by atoms with Gasteiger partial charge in [-0.25, -0.2) is 4.79 Å². The first kappa shape index (κ1) is 19.5. The first-order valence-corrected chi connectivity index (χ1v) is 10.2. The molecule has 0 unspecified atom stereocenters. The third kappa shape index (κ3) is 4.05. The Balaban J connectivity index is 1.76. The van der Waals surface area contributed by atoms with Crippen molar-refractivity contribution in [1.29, 1.82) is 5.26 Å². The van der Waals surface area contributed by atoms with Crippen LogP contribution in [0.4, 0.5) is 5.00 Å². The van der Waals surface area contributed by atoms with Crippen LogP contribution in [0.1, 0.15) is 54.1 Å². The maximum absolute atomic E-state index is 12.3. The Labute approximate surface area is 166 Å². The van der Waals surface area contributed by atoms with E-state index in [0.717, 1.165) is 10.4 Å². The van der Waals surface area contributed by atoms with Gasteiger partial charge in [0.05, 0.1) is 11.1 Å². The van der Waals surface area contributed by atoms with Gasteiger partial charge in [-0.15, -0.1) is 11.3 Å². The molecule has 0 spiro atoms. The largest absolute Gasteiger partial charge is 0.452 e. The zero-order valence-corrected chi connectivity index (χ0v) is 17.3. The minimum atomic E-state index is -0.538. The molecule has 27 heavy (non-hydrogen) atoms. The summed E-state index contributed by atoms with van der Waals surface area (Å²) in [5, 5.41) is 19.9. The second-order valence-corrected chi connectivity index (χ2v) is 9.47. The molecule has 0 bridgehead atoms. The van der Waals surface area contributed by atoms with Gasteiger partial charge in [0.25, 0.3) is 5.91 Å². The number of carbonyl (C=O) groups excluding carboxylic acids is 2. The number of nitrogens with zero attached hydrogens (tertiary/aromatic N) is 1. The van der Waals surface area contributed by atoms with E-state index < -0.39 is 18.5 Å². The Bertz CT molecular complexity index is 921. The highest BCUT2D eigenvalue weighted by atomic mass is 32.1. The number of fused-ring (bicyclic) bond motifs is 1. The molecular weight excluding hydrogens is 382 g/mol. The van der Waals surface area contributed by atoms with Crippen LogP contribution in [0.2, 0.25) is 0 Å². The fourth-order valence-electron chi connectivity index (χ4n) is 3.49. The Morgan fingerprint density at radius 3 is 2.74 bits per heavy atom. The molecule has 0 aliphatic carbocycles. The topological polar surface area (TPSA) is 91.2 Å². The summed E-state index contributed by atoms with van der Waals surface area (Å²) >= 11 is 2.78. The molecular formula is C19H21N3O3S2. The van der Waals surface area contributed by atoms with Crippen molar-refractivity contribution in [2.75, 3.05) is 11.9 Å². The molecule has 8 heteroatoms. The normalized spacial score (nSPS) is 16.9. The molecule has 1 amide bonds. The first-order valence-electron chi connectivity index (χ1n) is 8.48. The lowest BCUT2D eigenvalue weighted by Gasteiger charge is -2.42. The molecule has 2 aromatic rings. The Morgan fingerprint density at radius 1 is 1.37 bits per heavy atom. The Morgan fingerprint density at radius 2 is 2.11 bits per heavy atom. The van der Waals surface area contributed by atoms with Crippen molar-refractivity contribution in [2.45, 2.75) is 45.2 Å². The van der Waals surface area contributed by atoms with Gasteiger partial charge in [-0.2, -0.15) is 16.6 Å². The van der Waals surface area contributed by atoms with Gasteiger partial charge in [0.15, 0.2) is 6.61 Å². The highest BCUT2D eigenvalue weighted by Crippen LogP contribution is 2.44. The van der Waals surface area contributed by atoms with Gasteiger partial charge in [0.2, 0.25) is 0 Å². The lowest BCUT2D eigenvalue weighted by Crippen LogP contribution is -2.54. The number of anilines is 1. The van der Waals surface area contributed by atoms with Crippen molar-refractivity contribution in [1.82, 2.24) is 5.32 Å². The van der Waals surface area contributed by atoms with E-state index >= 15 is 0 Å². The molecule has 3 heterocycles. The van der Waals surface area contributed by atoms with E-state index in [0.29, 0.717) is 22.5 Å². The van der Waals surface area contributed by atoms with Crippen molar-refractivity contribution in [2.24, 2.45) is 0 Å². The number of esters is 1. The van der Waals surface area contributed by atoms with Gasteiger partial charge in [-0.05, 0) is 51.1 Å². The number of thiophene rings is 2. The molecule has 3 rings (SSSR count). The summed E-state index contributed by atoms with van der Waals surface area (Å²) in [5.74, 6) is -0.997. The van der Waals surface area contributed by atoms with Crippen LogP contribution in [0.25, 0.3) is 0 Å². The van der Waals surface area contributed by atoms with Crippen LogP contribution in [-0.4, -0.2) is 24.0 Å².